The summed E-state index contributed by atoms with van der Waals surface area (Å²) in [6.07, 6.45) is -0.524. The van der Waals surface area contributed by atoms with Crippen LogP contribution in [-0.4, -0.2) is 45.4 Å². The van der Waals surface area contributed by atoms with E-state index in [1.54, 1.807) is 6.92 Å². The number of carboxylic acid groups (broad SMARTS) is 2. The molecule has 1 aliphatic rings. The number of carboxylic acids is 1. The van der Waals surface area contributed by atoms with Crippen molar-refractivity contribution in [3.63, 3.8) is 0 Å². The van der Waals surface area contributed by atoms with E-state index in [0.29, 0.717) is 13.0 Å². The van der Waals surface area contributed by atoms with Crippen molar-refractivity contribution in [2.24, 2.45) is 5.41 Å². The van der Waals surface area contributed by atoms with Gasteiger partial charge in [0.1, 0.15) is 17.5 Å². The highest BCUT2D eigenvalue weighted by atomic mass is 16.4. The van der Waals surface area contributed by atoms with Crippen LogP contribution in [0.1, 0.15) is 34.1 Å². The van der Waals surface area contributed by atoms with Gasteiger partial charge in [-0.25, -0.2) is 4.48 Å². The Morgan fingerprint density at radius 2 is 1.75 bits per heavy atom. The number of rotatable bonds is 1. The van der Waals surface area contributed by atoms with E-state index in [2.05, 4.69) is 0 Å². The summed E-state index contributed by atoms with van der Waals surface area (Å²) in [6.45, 7) is 7.69. The molecule has 0 radical (unpaired) electrons. The third kappa shape index (κ3) is 1.69. The highest BCUT2D eigenvalue weighted by Gasteiger charge is 2.59. The van der Waals surface area contributed by atoms with Gasteiger partial charge in [-0.1, -0.05) is 0 Å². The molecule has 1 fully saturated rings. The molecule has 0 aromatic rings. The van der Waals surface area contributed by atoms with Crippen LogP contribution in [0.4, 0.5) is 4.79 Å². The summed E-state index contributed by atoms with van der Waals surface area (Å²) in [5.41, 5.74) is -1.41. The smallest absolute Gasteiger partial charge is 0.481 e. The number of aliphatic carboxylic acids is 1. The average molecular weight is 230 g/mol. The standard InChI is InChI=1S/C11H19NO4/c1-10(2,3)12(9(15)16)6-5-11(4,7-12)8(13)14/h5-7H2,1-4H3,(H-,13,14,15,16)/p+1. The molecule has 1 heterocycles. The van der Waals surface area contributed by atoms with Gasteiger partial charge in [0.15, 0.2) is 0 Å². The first-order valence-electron chi connectivity index (χ1n) is 5.39. The number of amides is 1. The van der Waals surface area contributed by atoms with Crippen LogP contribution < -0.4 is 0 Å². The minimum absolute atomic E-state index is 0.154. The number of quaternary nitrogens is 1. The van der Waals surface area contributed by atoms with Crippen LogP contribution in [0.3, 0.4) is 0 Å². The topological polar surface area (TPSA) is 74.6 Å². The molecule has 0 aromatic carbocycles. The molecule has 16 heavy (non-hydrogen) atoms. The van der Waals surface area contributed by atoms with Gasteiger partial charge >= 0.3 is 12.1 Å². The average Bonchev–Trinajstić information content (AvgIpc) is 2.45. The van der Waals surface area contributed by atoms with E-state index in [-0.39, 0.29) is 11.0 Å². The summed E-state index contributed by atoms with van der Waals surface area (Å²) >= 11 is 0. The van der Waals surface area contributed by atoms with Crippen molar-refractivity contribution in [2.45, 2.75) is 39.7 Å². The Kier molecular flexibility index (Phi) is 2.79. The molecule has 92 valence electrons. The third-order valence-corrected chi connectivity index (χ3v) is 3.83. The maximum Gasteiger partial charge on any atom is 0.514 e. The molecule has 2 unspecified atom stereocenters. The van der Waals surface area contributed by atoms with Crippen LogP contribution in [0.2, 0.25) is 0 Å². The van der Waals surface area contributed by atoms with E-state index in [1.165, 1.54) is 0 Å². The predicted octanol–water partition coefficient (Wildman–Crippen LogP) is 1.77. The zero-order valence-electron chi connectivity index (χ0n) is 10.3. The summed E-state index contributed by atoms with van der Waals surface area (Å²) in [5, 5.41) is 18.5. The van der Waals surface area contributed by atoms with Gasteiger partial charge in [0.05, 0.1) is 6.54 Å². The van der Waals surface area contributed by atoms with Gasteiger partial charge in [-0.15, -0.1) is 0 Å². The molecule has 0 aliphatic carbocycles. The van der Waals surface area contributed by atoms with Crippen molar-refractivity contribution in [1.29, 1.82) is 0 Å². The third-order valence-electron chi connectivity index (χ3n) is 3.83. The Balaban J connectivity index is 3.13. The Bertz CT molecular complexity index is 333. The lowest BCUT2D eigenvalue weighted by Gasteiger charge is -2.40. The fourth-order valence-electron chi connectivity index (χ4n) is 2.39. The Morgan fingerprint density at radius 1 is 1.25 bits per heavy atom. The first-order chi connectivity index (χ1) is 7.05. The molecule has 1 saturated heterocycles. The minimum atomic E-state index is -0.933. The van der Waals surface area contributed by atoms with Gasteiger partial charge in [-0.2, -0.15) is 4.79 Å². The summed E-state index contributed by atoms with van der Waals surface area (Å²) in [4.78, 5) is 22.6. The van der Waals surface area contributed by atoms with Crippen molar-refractivity contribution in [3.8, 4) is 0 Å². The maximum absolute atomic E-state index is 11.5. The Morgan fingerprint density at radius 3 is 1.94 bits per heavy atom. The van der Waals surface area contributed by atoms with E-state index in [0.717, 1.165) is 0 Å². The lowest BCUT2D eigenvalue weighted by atomic mass is 9.89. The van der Waals surface area contributed by atoms with E-state index >= 15 is 0 Å². The first-order valence-corrected chi connectivity index (χ1v) is 5.39. The largest absolute Gasteiger partial charge is 0.514 e. The van der Waals surface area contributed by atoms with Crippen LogP contribution in [-0.2, 0) is 4.79 Å². The summed E-state index contributed by atoms with van der Waals surface area (Å²) in [5.74, 6) is -0.905. The molecular formula is C11H20NO4+. The van der Waals surface area contributed by atoms with Gasteiger partial charge in [0, 0.05) is 6.42 Å². The van der Waals surface area contributed by atoms with Crippen LogP contribution in [0.5, 0.6) is 0 Å². The number of hydrogen-bond acceptors (Lipinski definition) is 2. The van der Waals surface area contributed by atoms with Crippen LogP contribution >= 0.6 is 0 Å². The van der Waals surface area contributed by atoms with E-state index < -0.39 is 23.0 Å². The maximum atomic E-state index is 11.5. The molecule has 2 N–H and O–H groups in total. The number of carbonyl (C=O) groups is 2. The molecule has 0 spiro atoms. The summed E-state index contributed by atoms with van der Waals surface area (Å²) in [6, 6.07) is 0. The van der Waals surface area contributed by atoms with Crippen molar-refractivity contribution in [3.05, 3.63) is 0 Å². The van der Waals surface area contributed by atoms with Crippen molar-refractivity contribution in [2.75, 3.05) is 13.1 Å². The van der Waals surface area contributed by atoms with Gasteiger partial charge in [0.25, 0.3) is 0 Å². The second kappa shape index (κ2) is 3.45. The molecule has 5 nitrogen and oxygen atoms in total. The SMILES string of the molecule is CC1(C(=O)O)CC[N+](C(=O)O)(C(C)(C)C)C1. The second-order valence-electron chi connectivity index (χ2n) is 5.92. The van der Waals surface area contributed by atoms with E-state index in [1.807, 2.05) is 20.8 Å². The number of likely N-dealkylation sites (tertiary alicyclic amines) is 1. The van der Waals surface area contributed by atoms with E-state index in [9.17, 15) is 14.7 Å². The Hall–Kier alpha value is -1.10. The first kappa shape index (κ1) is 13.0. The van der Waals surface area contributed by atoms with Crippen LogP contribution in [0.15, 0.2) is 0 Å². The normalized spacial score (nSPS) is 35.0. The number of nitrogens with zero attached hydrogens (tertiary/aromatic N) is 1. The quantitative estimate of drug-likeness (QED) is 0.673. The number of hydrogen-bond donors (Lipinski definition) is 2. The molecule has 0 bridgehead atoms. The second-order valence-corrected chi connectivity index (χ2v) is 5.92. The molecule has 1 aliphatic heterocycles. The fourth-order valence-corrected chi connectivity index (χ4v) is 2.39. The molecule has 5 heteroatoms. The van der Waals surface area contributed by atoms with Gasteiger partial charge in [-0.3, -0.25) is 4.79 Å². The van der Waals surface area contributed by atoms with E-state index in [4.69, 9.17) is 5.11 Å². The van der Waals surface area contributed by atoms with Crippen LogP contribution in [0, 0.1) is 5.41 Å². The summed E-state index contributed by atoms with van der Waals surface area (Å²) in [7, 11) is 0. The molecule has 0 saturated carbocycles. The molecule has 0 aromatic heterocycles. The molecule has 1 rings (SSSR count). The van der Waals surface area contributed by atoms with Crippen molar-refractivity contribution in [1.82, 2.24) is 0 Å². The zero-order chi connectivity index (χ0) is 12.8. The fraction of sp³-hybridized carbons (Fsp3) is 0.818. The van der Waals surface area contributed by atoms with Crippen molar-refractivity contribution < 1.29 is 24.3 Å². The molecular weight excluding hydrogens is 210 g/mol. The van der Waals surface area contributed by atoms with Crippen molar-refractivity contribution >= 4 is 12.1 Å². The lowest BCUT2D eigenvalue weighted by molar-refractivity contribution is -0.894. The van der Waals surface area contributed by atoms with Gasteiger partial charge in [0.2, 0.25) is 0 Å². The van der Waals surface area contributed by atoms with Gasteiger partial charge < -0.3 is 10.2 Å². The highest BCUT2D eigenvalue weighted by Crippen LogP contribution is 2.41. The highest BCUT2D eigenvalue weighted by molar-refractivity contribution is 5.75. The summed E-state index contributed by atoms with van der Waals surface area (Å²) < 4.78 is -0.171. The zero-order valence-corrected chi connectivity index (χ0v) is 10.3. The predicted molar refractivity (Wildman–Crippen MR) is 58.1 cm³/mol. The molecule has 2 atom stereocenters. The lowest BCUT2D eigenvalue weighted by Crippen LogP contribution is -2.62. The monoisotopic (exact) mass is 230 g/mol. The van der Waals surface area contributed by atoms with Crippen LogP contribution in [0.25, 0.3) is 0 Å². The Labute approximate surface area is 95.3 Å². The molecule has 1 amide bonds. The minimum Gasteiger partial charge on any atom is -0.481 e. The van der Waals surface area contributed by atoms with Gasteiger partial charge in [-0.05, 0) is 27.7 Å².